The van der Waals surface area contributed by atoms with Crippen LogP contribution in [0.15, 0.2) is 22.7 Å². The van der Waals surface area contributed by atoms with Crippen LogP contribution in [0.4, 0.5) is 0 Å². The Balaban J connectivity index is 2.95. The van der Waals surface area contributed by atoms with Gasteiger partial charge < -0.3 is 5.11 Å². The first-order valence-electron chi connectivity index (χ1n) is 3.64. The molecule has 0 bridgehead atoms. The Kier molecular flexibility index (Phi) is 3.73. The molecule has 13 heavy (non-hydrogen) atoms. The van der Waals surface area contributed by atoms with Crippen LogP contribution in [0.5, 0.6) is 0 Å². The molecule has 0 fully saturated rings. The summed E-state index contributed by atoms with van der Waals surface area (Å²) < 4.78 is 0.798. The smallest absolute Gasteiger partial charge is 0.0920 e. The van der Waals surface area contributed by atoms with Gasteiger partial charge in [0.05, 0.1) is 18.6 Å². The van der Waals surface area contributed by atoms with Gasteiger partial charge in [-0.1, -0.05) is 27.5 Å². The molecule has 0 saturated carbocycles. The van der Waals surface area contributed by atoms with E-state index in [1.54, 1.807) is 18.2 Å². The average molecular weight is 261 g/mol. The summed E-state index contributed by atoms with van der Waals surface area (Å²) in [5.41, 5.74) is 0.654. The normalized spacial score (nSPS) is 12.2. The van der Waals surface area contributed by atoms with Crippen molar-refractivity contribution in [1.82, 2.24) is 0 Å². The molecule has 0 aliphatic rings. The van der Waals surface area contributed by atoms with E-state index in [1.165, 1.54) is 0 Å². The van der Waals surface area contributed by atoms with E-state index in [0.717, 1.165) is 4.47 Å². The zero-order chi connectivity index (χ0) is 9.84. The molecule has 1 unspecified atom stereocenters. The zero-order valence-electron chi connectivity index (χ0n) is 6.67. The Hall–Kier alpha value is -0.560. The van der Waals surface area contributed by atoms with Gasteiger partial charge in [-0.05, 0) is 23.8 Å². The molecule has 2 nitrogen and oxygen atoms in total. The van der Waals surface area contributed by atoms with Crippen molar-refractivity contribution in [2.24, 2.45) is 0 Å². The third-order valence-electron chi connectivity index (χ3n) is 1.55. The molecule has 1 aromatic rings. The van der Waals surface area contributed by atoms with E-state index in [9.17, 15) is 5.11 Å². The summed E-state index contributed by atoms with van der Waals surface area (Å²) in [7, 11) is 0. The summed E-state index contributed by atoms with van der Waals surface area (Å²) in [4.78, 5) is 0. The molecule has 0 heterocycles. The number of hydrogen-bond donors (Lipinski definition) is 1. The largest absolute Gasteiger partial charge is 0.387 e. The van der Waals surface area contributed by atoms with Crippen LogP contribution < -0.4 is 0 Å². The van der Waals surface area contributed by atoms with E-state index in [-0.39, 0.29) is 6.42 Å². The molecule has 68 valence electrons. The van der Waals surface area contributed by atoms with E-state index in [2.05, 4.69) is 15.9 Å². The summed E-state index contributed by atoms with van der Waals surface area (Å²) >= 11 is 9.02. The quantitative estimate of drug-likeness (QED) is 0.888. The fraction of sp³-hybridized carbons (Fsp3) is 0.222. The first-order chi connectivity index (χ1) is 6.13. The number of nitrogens with zero attached hydrogens (tertiary/aromatic N) is 1. The standard InChI is InChI=1S/C9H7BrClNO/c10-7-3-6(4-8(11)5-7)9(13)1-2-12/h3-5,9,13H,1H2. The predicted molar refractivity (Wildman–Crippen MR) is 54.3 cm³/mol. The lowest BCUT2D eigenvalue weighted by Crippen LogP contribution is -1.95. The average Bonchev–Trinajstić information content (AvgIpc) is 2.03. The minimum atomic E-state index is -0.764. The van der Waals surface area contributed by atoms with Gasteiger partial charge >= 0.3 is 0 Å². The third kappa shape index (κ3) is 3.00. The Morgan fingerprint density at radius 3 is 2.77 bits per heavy atom. The molecule has 0 aromatic heterocycles. The van der Waals surface area contributed by atoms with Gasteiger partial charge in [0.15, 0.2) is 0 Å². The third-order valence-corrected chi connectivity index (χ3v) is 2.23. The Bertz CT molecular complexity index is 328. The van der Waals surface area contributed by atoms with Gasteiger partial charge in [-0.15, -0.1) is 0 Å². The van der Waals surface area contributed by atoms with Gasteiger partial charge in [0.25, 0.3) is 0 Å². The van der Waals surface area contributed by atoms with Crippen LogP contribution in [0.2, 0.25) is 5.02 Å². The number of aliphatic hydroxyl groups excluding tert-OH is 1. The number of aliphatic hydroxyl groups is 1. The monoisotopic (exact) mass is 259 g/mol. The van der Waals surface area contributed by atoms with Crippen molar-refractivity contribution in [1.29, 1.82) is 5.26 Å². The van der Waals surface area contributed by atoms with Crippen LogP contribution in [0.25, 0.3) is 0 Å². The molecule has 0 aliphatic carbocycles. The highest BCUT2D eigenvalue weighted by Crippen LogP contribution is 2.25. The molecule has 0 saturated heterocycles. The maximum atomic E-state index is 9.47. The summed E-state index contributed by atoms with van der Waals surface area (Å²) in [6, 6.07) is 7.01. The van der Waals surface area contributed by atoms with E-state index >= 15 is 0 Å². The van der Waals surface area contributed by atoms with E-state index < -0.39 is 6.10 Å². The predicted octanol–water partition coefficient (Wildman–Crippen LogP) is 3.05. The molecule has 0 radical (unpaired) electrons. The highest BCUT2D eigenvalue weighted by Gasteiger charge is 2.08. The summed E-state index contributed by atoms with van der Waals surface area (Å²) in [5.74, 6) is 0. The van der Waals surface area contributed by atoms with Gasteiger partial charge in [-0.2, -0.15) is 5.26 Å². The lowest BCUT2D eigenvalue weighted by Gasteiger charge is -2.07. The van der Waals surface area contributed by atoms with Crippen molar-refractivity contribution < 1.29 is 5.11 Å². The number of rotatable bonds is 2. The topological polar surface area (TPSA) is 44.0 Å². The van der Waals surface area contributed by atoms with Crippen LogP contribution in [0.3, 0.4) is 0 Å². The summed E-state index contributed by atoms with van der Waals surface area (Å²) in [5, 5.41) is 18.4. The first-order valence-corrected chi connectivity index (χ1v) is 4.81. The van der Waals surface area contributed by atoms with E-state index in [4.69, 9.17) is 16.9 Å². The van der Waals surface area contributed by atoms with Crippen molar-refractivity contribution in [2.45, 2.75) is 12.5 Å². The lowest BCUT2D eigenvalue weighted by atomic mass is 10.1. The minimum Gasteiger partial charge on any atom is -0.387 e. The highest BCUT2D eigenvalue weighted by molar-refractivity contribution is 9.10. The fourth-order valence-electron chi connectivity index (χ4n) is 0.972. The molecule has 1 N–H and O–H groups in total. The van der Waals surface area contributed by atoms with Crippen LogP contribution in [-0.4, -0.2) is 5.11 Å². The lowest BCUT2D eigenvalue weighted by molar-refractivity contribution is 0.183. The van der Waals surface area contributed by atoms with Crippen molar-refractivity contribution >= 4 is 27.5 Å². The molecule has 0 spiro atoms. The molecule has 1 rings (SSSR count). The SMILES string of the molecule is N#CCC(O)c1cc(Cl)cc(Br)c1. The molecule has 0 amide bonds. The van der Waals surface area contributed by atoms with E-state index in [1.807, 2.05) is 6.07 Å². The van der Waals surface area contributed by atoms with Crippen molar-refractivity contribution in [2.75, 3.05) is 0 Å². The second-order valence-electron chi connectivity index (χ2n) is 2.58. The van der Waals surface area contributed by atoms with Gasteiger partial charge in [0, 0.05) is 9.50 Å². The zero-order valence-corrected chi connectivity index (χ0v) is 9.01. The van der Waals surface area contributed by atoms with Gasteiger partial charge in [-0.25, -0.2) is 0 Å². The number of benzene rings is 1. The van der Waals surface area contributed by atoms with Crippen molar-refractivity contribution in [3.8, 4) is 6.07 Å². The van der Waals surface area contributed by atoms with Crippen LogP contribution >= 0.6 is 27.5 Å². The van der Waals surface area contributed by atoms with E-state index in [0.29, 0.717) is 10.6 Å². The first kappa shape index (κ1) is 10.5. The molecule has 0 aliphatic heterocycles. The highest BCUT2D eigenvalue weighted by atomic mass is 79.9. The van der Waals surface area contributed by atoms with Crippen LogP contribution in [0.1, 0.15) is 18.1 Å². The summed E-state index contributed by atoms with van der Waals surface area (Å²) in [6.07, 6.45) is -0.688. The molecular formula is C9H7BrClNO. The summed E-state index contributed by atoms with van der Waals surface area (Å²) in [6.45, 7) is 0. The van der Waals surface area contributed by atoms with Gasteiger partial charge in [0.2, 0.25) is 0 Å². The van der Waals surface area contributed by atoms with Crippen molar-refractivity contribution in [3.63, 3.8) is 0 Å². The van der Waals surface area contributed by atoms with Crippen LogP contribution in [0, 0.1) is 11.3 Å². The maximum Gasteiger partial charge on any atom is 0.0920 e. The number of halogens is 2. The Labute approximate surface area is 89.9 Å². The second-order valence-corrected chi connectivity index (χ2v) is 3.93. The van der Waals surface area contributed by atoms with Crippen LogP contribution in [-0.2, 0) is 0 Å². The molecule has 1 aromatic carbocycles. The molecule has 4 heteroatoms. The maximum absolute atomic E-state index is 9.47. The number of hydrogen-bond acceptors (Lipinski definition) is 2. The second kappa shape index (κ2) is 4.61. The van der Waals surface area contributed by atoms with Gasteiger partial charge in [-0.3, -0.25) is 0 Å². The molecule has 1 atom stereocenters. The fourth-order valence-corrected chi connectivity index (χ4v) is 1.86. The Morgan fingerprint density at radius 2 is 2.23 bits per heavy atom. The minimum absolute atomic E-state index is 0.0762. The molecular weight excluding hydrogens is 253 g/mol. The number of nitriles is 1. The van der Waals surface area contributed by atoms with Crippen molar-refractivity contribution in [3.05, 3.63) is 33.3 Å². The van der Waals surface area contributed by atoms with Gasteiger partial charge in [0.1, 0.15) is 0 Å². The Morgan fingerprint density at radius 1 is 1.54 bits per heavy atom.